The van der Waals surface area contributed by atoms with Crippen LogP contribution in [0.2, 0.25) is 0 Å². The number of nitrogens with zero attached hydrogens (tertiary/aromatic N) is 1. The van der Waals surface area contributed by atoms with Crippen molar-refractivity contribution in [3.63, 3.8) is 0 Å². The molecule has 1 aromatic carbocycles. The topological polar surface area (TPSA) is 49.4 Å². The quantitative estimate of drug-likeness (QED) is 0.869. The third-order valence-corrected chi connectivity index (χ3v) is 4.28. The van der Waals surface area contributed by atoms with Crippen molar-refractivity contribution in [3.8, 4) is 0 Å². The zero-order valence-corrected chi connectivity index (χ0v) is 12.9. The van der Waals surface area contributed by atoms with Gasteiger partial charge in [0.15, 0.2) is 0 Å². The lowest BCUT2D eigenvalue weighted by Crippen LogP contribution is -2.44. The van der Waals surface area contributed by atoms with E-state index in [2.05, 4.69) is 5.32 Å². The fourth-order valence-electron chi connectivity index (χ4n) is 2.92. The number of rotatable bonds is 3. The molecular weight excluding hydrogens is 264 g/mol. The molecule has 2 amide bonds. The highest BCUT2D eigenvalue weighted by molar-refractivity contribution is 6.39. The molecule has 2 rings (SSSR count). The normalized spacial score (nSPS) is 15.5. The molecule has 0 aromatic heterocycles. The summed E-state index contributed by atoms with van der Waals surface area (Å²) >= 11 is 0. The van der Waals surface area contributed by atoms with Gasteiger partial charge in [-0.1, -0.05) is 44.4 Å². The number of likely N-dealkylation sites (N-methyl/N-ethyl adjacent to an activating group) is 1. The van der Waals surface area contributed by atoms with Gasteiger partial charge < -0.3 is 10.2 Å². The first-order valence-corrected chi connectivity index (χ1v) is 7.79. The van der Waals surface area contributed by atoms with Crippen LogP contribution in [0.15, 0.2) is 24.3 Å². The minimum atomic E-state index is -0.538. The highest BCUT2D eigenvalue weighted by Crippen LogP contribution is 2.22. The van der Waals surface area contributed by atoms with Gasteiger partial charge >= 0.3 is 11.8 Å². The maximum Gasteiger partial charge on any atom is 0.313 e. The van der Waals surface area contributed by atoms with E-state index in [-0.39, 0.29) is 6.04 Å². The van der Waals surface area contributed by atoms with Crippen molar-refractivity contribution in [3.05, 3.63) is 29.8 Å². The monoisotopic (exact) mass is 288 g/mol. The van der Waals surface area contributed by atoms with Crippen LogP contribution >= 0.6 is 0 Å². The molecule has 114 valence electrons. The Bertz CT molecular complexity index is 507. The Morgan fingerprint density at radius 1 is 1.19 bits per heavy atom. The van der Waals surface area contributed by atoms with Gasteiger partial charge in [0.2, 0.25) is 0 Å². The zero-order valence-electron chi connectivity index (χ0n) is 12.9. The Balaban J connectivity index is 2.00. The van der Waals surface area contributed by atoms with Crippen LogP contribution in [0.5, 0.6) is 0 Å². The smallest absolute Gasteiger partial charge is 0.313 e. The number of amides is 2. The lowest BCUT2D eigenvalue weighted by atomic mass is 9.94. The van der Waals surface area contributed by atoms with Crippen molar-refractivity contribution in [2.24, 2.45) is 0 Å². The molecule has 0 radical (unpaired) electrons. The molecule has 0 saturated heterocycles. The number of para-hydroxylation sites is 1. The molecule has 4 nitrogen and oxygen atoms in total. The van der Waals surface area contributed by atoms with E-state index in [9.17, 15) is 9.59 Å². The maximum atomic E-state index is 12.3. The fourth-order valence-corrected chi connectivity index (χ4v) is 2.92. The molecule has 0 atom stereocenters. The molecule has 1 aliphatic carbocycles. The third kappa shape index (κ3) is 3.84. The molecule has 0 bridgehead atoms. The van der Waals surface area contributed by atoms with E-state index in [1.54, 1.807) is 11.9 Å². The molecule has 1 saturated carbocycles. The fraction of sp³-hybridized carbons (Fsp3) is 0.529. The minimum Gasteiger partial charge on any atom is -0.335 e. The first-order chi connectivity index (χ1) is 10.1. The van der Waals surface area contributed by atoms with Crippen LogP contribution in [0.25, 0.3) is 0 Å². The summed E-state index contributed by atoms with van der Waals surface area (Å²) in [5, 5.41) is 2.75. The lowest BCUT2D eigenvalue weighted by Gasteiger charge is -2.30. The molecule has 1 fully saturated rings. The molecule has 1 aromatic rings. The summed E-state index contributed by atoms with van der Waals surface area (Å²) in [5.41, 5.74) is 1.77. The first-order valence-electron chi connectivity index (χ1n) is 7.79. The highest BCUT2D eigenvalue weighted by atomic mass is 16.2. The third-order valence-electron chi connectivity index (χ3n) is 4.28. The molecule has 1 N–H and O–H groups in total. The van der Waals surface area contributed by atoms with E-state index in [4.69, 9.17) is 0 Å². The largest absolute Gasteiger partial charge is 0.335 e. The summed E-state index contributed by atoms with van der Waals surface area (Å²) in [6, 6.07) is 7.81. The van der Waals surface area contributed by atoms with Crippen LogP contribution in [0.4, 0.5) is 5.69 Å². The molecule has 0 unspecified atom stereocenters. The highest BCUT2D eigenvalue weighted by Gasteiger charge is 2.26. The number of hydrogen-bond acceptors (Lipinski definition) is 2. The van der Waals surface area contributed by atoms with E-state index < -0.39 is 11.8 Å². The van der Waals surface area contributed by atoms with Gasteiger partial charge in [0.25, 0.3) is 0 Å². The van der Waals surface area contributed by atoms with E-state index >= 15 is 0 Å². The average molecular weight is 288 g/mol. The van der Waals surface area contributed by atoms with Crippen molar-refractivity contribution < 1.29 is 9.59 Å². The van der Waals surface area contributed by atoms with E-state index in [1.165, 1.54) is 6.42 Å². The lowest BCUT2D eigenvalue weighted by molar-refractivity contribution is -0.144. The summed E-state index contributed by atoms with van der Waals surface area (Å²) < 4.78 is 0. The number of anilines is 1. The van der Waals surface area contributed by atoms with Crippen molar-refractivity contribution >= 4 is 17.5 Å². The van der Waals surface area contributed by atoms with Crippen molar-refractivity contribution in [2.45, 2.75) is 51.5 Å². The Hall–Kier alpha value is -1.84. The number of nitrogens with one attached hydrogen (secondary N) is 1. The predicted octanol–water partition coefficient (Wildman–Crippen LogP) is 2.98. The van der Waals surface area contributed by atoms with Crippen LogP contribution in [-0.2, 0) is 16.0 Å². The SMILES string of the molecule is CCc1ccccc1NC(=O)C(=O)N(C)C1CCCCC1. The van der Waals surface area contributed by atoms with E-state index in [0.29, 0.717) is 0 Å². The second-order valence-corrected chi connectivity index (χ2v) is 5.67. The molecule has 21 heavy (non-hydrogen) atoms. The van der Waals surface area contributed by atoms with Gasteiger partial charge in [-0.05, 0) is 30.9 Å². The second-order valence-electron chi connectivity index (χ2n) is 5.67. The molecule has 4 heteroatoms. The van der Waals surface area contributed by atoms with E-state index in [0.717, 1.165) is 43.4 Å². The minimum absolute atomic E-state index is 0.207. The van der Waals surface area contributed by atoms with Gasteiger partial charge in [-0.25, -0.2) is 0 Å². The van der Waals surface area contributed by atoms with Crippen LogP contribution in [0.3, 0.4) is 0 Å². The molecule has 0 spiro atoms. The number of carbonyl (C=O) groups excluding carboxylic acids is 2. The van der Waals surface area contributed by atoms with E-state index in [1.807, 2.05) is 31.2 Å². The Morgan fingerprint density at radius 2 is 1.86 bits per heavy atom. The first kappa shape index (κ1) is 15.5. The number of aryl methyl sites for hydroxylation is 1. The van der Waals surface area contributed by atoms with Gasteiger partial charge in [0, 0.05) is 18.8 Å². The van der Waals surface area contributed by atoms with Crippen molar-refractivity contribution in [1.82, 2.24) is 4.90 Å². The number of benzene rings is 1. The van der Waals surface area contributed by atoms with Gasteiger partial charge in [-0.15, -0.1) is 0 Å². The Morgan fingerprint density at radius 3 is 2.52 bits per heavy atom. The van der Waals surface area contributed by atoms with Crippen molar-refractivity contribution in [2.75, 3.05) is 12.4 Å². The van der Waals surface area contributed by atoms with Crippen molar-refractivity contribution in [1.29, 1.82) is 0 Å². The van der Waals surface area contributed by atoms with Crippen LogP contribution < -0.4 is 5.32 Å². The summed E-state index contributed by atoms with van der Waals surface area (Å²) in [4.78, 5) is 26.0. The Labute approximate surface area is 126 Å². The number of hydrogen-bond donors (Lipinski definition) is 1. The molecular formula is C17H24N2O2. The second kappa shape index (κ2) is 7.25. The van der Waals surface area contributed by atoms with Gasteiger partial charge in [0.1, 0.15) is 0 Å². The van der Waals surface area contributed by atoms with Crippen LogP contribution in [0.1, 0.15) is 44.6 Å². The molecule has 0 heterocycles. The Kier molecular flexibility index (Phi) is 5.37. The maximum absolute atomic E-state index is 12.3. The molecule has 0 aliphatic heterocycles. The summed E-state index contributed by atoms with van der Waals surface area (Å²) in [6.45, 7) is 2.03. The van der Waals surface area contributed by atoms with Gasteiger partial charge in [-0.3, -0.25) is 9.59 Å². The summed E-state index contributed by atoms with van der Waals surface area (Å²) in [7, 11) is 1.74. The predicted molar refractivity (Wildman–Crippen MR) is 84.1 cm³/mol. The van der Waals surface area contributed by atoms with Crippen LogP contribution in [-0.4, -0.2) is 29.8 Å². The zero-order chi connectivity index (χ0) is 15.2. The summed E-state index contributed by atoms with van der Waals surface area (Å²) in [5.74, 6) is -0.975. The molecule has 1 aliphatic rings. The number of carbonyl (C=O) groups is 2. The van der Waals surface area contributed by atoms with Crippen LogP contribution in [0, 0.1) is 0 Å². The summed E-state index contributed by atoms with van der Waals surface area (Å²) in [6.07, 6.45) is 6.34. The van der Waals surface area contributed by atoms with Gasteiger partial charge in [0.05, 0.1) is 0 Å². The standard InChI is InChI=1S/C17H24N2O2/c1-3-13-9-7-8-12-15(13)18-16(20)17(21)19(2)14-10-5-4-6-11-14/h7-9,12,14H,3-6,10-11H2,1-2H3,(H,18,20). The average Bonchev–Trinajstić information content (AvgIpc) is 2.54. The van der Waals surface area contributed by atoms with Gasteiger partial charge in [-0.2, -0.15) is 0 Å².